The SMILES string of the molecule is C[C@@H]1[C@H](C(=O)O)CCCN1C(=O)c1cc(COc2ccccc2F)on1. The summed E-state index contributed by atoms with van der Waals surface area (Å²) in [6.07, 6.45) is 1.16. The summed E-state index contributed by atoms with van der Waals surface area (Å²) in [4.78, 5) is 25.4. The second kappa shape index (κ2) is 7.55. The molecule has 2 heterocycles. The van der Waals surface area contributed by atoms with Crippen molar-refractivity contribution in [3.05, 3.63) is 47.6 Å². The molecule has 3 rings (SSSR count). The molecule has 0 bridgehead atoms. The van der Waals surface area contributed by atoms with Crippen molar-refractivity contribution in [2.45, 2.75) is 32.4 Å². The third kappa shape index (κ3) is 3.68. The molecule has 1 aliphatic rings. The van der Waals surface area contributed by atoms with Gasteiger partial charge in [0.1, 0.15) is 6.61 Å². The van der Waals surface area contributed by atoms with E-state index in [4.69, 9.17) is 9.26 Å². The van der Waals surface area contributed by atoms with Crippen LogP contribution in [0.2, 0.25) is 0 Å². The maximum absolute atomic E-state index is 13.5. The highest BCUT2D eigenvalue weighted by atomic mass is 19.1. The predicted octanol–water partition coefficient (Wildman–Crippen LogP) is 2.72. The van der Waals surface area contributed by atoms with Gasteiger partial charge in [0.15, 0.2) is 23.0 Å². The number of carboxylic acids is 1. The van der Waals surface area contributed by atoms with E-state index in [1.165, 1.54) is 23.1 Å². The predicted molar refractivity (Wildman–Crippen MR) is 88.1 cm³/mol. The van der Waals surface area contributed by atoms with E-state index in [2.05, 4.69) is 5.16 Å². The van der Waals surface area contributed by atoms with Crippen molar-refractivity contribution in [3.63, 3.8) is 0 Å². The number of piperidine rings is 1. The van der Waals surface area contributed by atoms with E-state index in [0.717, 1.165) is 0 Å². The zero-order valence-electron chi connectivity index (χ0n) is 14.2. The van der Waals surface area contributed by atoms with Gasteiger partial charge in [0, 0.05) is 18.7 Å². The fourth-order valence-corrected chi connectivity index (χ4v) is 3.10. The number of amides is 1. The van der Waals surface area contributed by atoms with Crippen LogP contribution in [-0.4, -0.2) is 39.6 Å². The molecular weight excluding hydrogens is 343 g/mol. The first-order chi connectivity index (χ1) is 12.5. The summed E-state index contributed by atoms with van der Waals surface area (Å²) in [6.45, 7) is 2.12. The number of carbonyl (C=O) groups excluding carboxylic acids is 1. The van der Waals surface area contributed by atoms with Crippen LogP contribution in [0.15, 0.2) is 34.9 Å². The van der Waals surface area contributed by atoms with Crippen LogP contribution in [0, 0.1) is 11.7 Å². The average molecular weight is 362 g/mol. The molecule has 0 radical (unpaired) electrons. The Morgan fingerprint density at radius 3 is 2.92 bits per heavy atom. The van der Waals surface area contributed by atoms with Gasteiger partial charge in [0.2, 0.25) is 0 Å². The van der Waals surface area contributed by atoms with Gasteiger partial charge in [-0.25, -0.2) is 4.39 Å². The highest BCUT2D eigenvalue weighted by Crippen LogP contribution is 2.25. The Kier molecular flexibility index (Phi) is 5.20. The molecule has 26 heavy (non-hydrogen) atoms. The standard InChI is InChI=1S/C18H19FN2O5/c1-11-13(18(23)24)5-4-8-21(11)17(22)15-9-12(26-20-15)10-25-16-7-3-2-6-14(16)19/h2-3,6-7,9,11,13H,4-5,8,10H2,1H3,(H,23,24)/t11-,13-/m1/s1. The molecule has 0 saturated carbocycles. The number of nitrogens with zero attached hydrogens (tertiary/aromatic N) is 2. The lowest BCUT2D eigenvalue weighted by Gasteiger charge is -2.36. The van der Waals surface area contributed by atoms with Crippen LogP contribution in [-0.2, 0) is 11.4 Å². The van der Waals surface area contributed by atoms with E-state index in [9.17, 15) is 19.1 Å². The zero-order chi connectivity index (χ0) is 18.7. The van der Waals surface area contributed by atoms with Crippen LogP contribution < -0.4 is 4.74 Å². The number of hydrogen-bond donors (Lipinski definition) is 1. The first-order valence-corrected chi connectivity index (χ1v) is 8.34. The first kappa shape index (κ1) is 17.9. The molecule has 1 aromatic heterocycles. The van der Waals surface area contributed by atoms with Gasteiger partial charge in [0.25, 0.3) is 5.91 Å². The highest BCUT2D eigenvalue weighted by molar-refractivity contribution is 5.93. The second-order valence-electron chi connectivity index (χ2n) is 6.22. The first-order valence-electron chi connectivity index (χ1n) is 8.34. The molecular formula is C18H19FN2O5. The van der Waals surface area contributed by atoms with Crippen molar-refractivity contribution >= 4 is 11.9 Å². The third-order valence-corrected chi connectivity index (χ3v) is 4.55. The number of likely N-dealkylation sites (tertiary alicyclic amines) is 1. The van der Waals surface area contributed by atoms with Crippen LogP contribution in [0.25, 0.3) is 0 Å². The van der Waals surface area contributed by atoms with Crippen LogP contribution in [0.3, 0.4) is 0 Å². The fourth-order valence-electron chi connectivity index (χ4n) is 3.10. The van der Waals surface area contributed by atoms with Gasteiger partial charge >= 0.3 is 5.97 Å². The van der Waals surface area contributed by atoms with Crippen LogP contribution in [0.1, 0.15) is 36.0 Å². The van der Waals surface area contributed by atoms with Crippen molar-refractivity contribution < 1.29 is 28.3 Å². The van der Waals surface area contributed by atoms with Gasteiger partial charge in [-0.3, -0.25) is 9.59 Å². The number of halogens is 1. The monoisotopic (exact) mass is 362 g/mol. The molecule has 1 N–H and O–H groups in total. The quantitative estimate of drug-likeness (QED) is 0.879. The molecule has 0 spiro atoms. The Morgan fingerprint density at radius 1 is 1.42 bits per heavy atom. The minimum Gasteiger partial charge on any atom is -0.482 e. The molecule has 2 atom stereocenters. The molecule has 8 heteroatoms. The number of para-hydroxylation sites is 1. The molecule has 1 aliphatic heterocycles. The number of hydrogen-bond acceptors (Lipinski definition) is 5. The van der Waals surface area contributed by atoms with E-state index in [1.807, 2.05) is 0 Å². The Hall–Kier alpha value is -2.90. The zero-order valence-corrected chi connectivity index (χ0v) is 14.2. The molecule has 2 aromatic rings. The van der Waals surface area contributed by atoms with Crippen LogP contribution >= 0.6 is 0 Å². The maximum Gasteiger partial charge on any atom is 0.308 e. The molecule has 0 aliphatic carbocycles. The number of rotatable bonds is 5. The maximum atomic E-state index is 13.5. The fraction of sp³-hybridized carbons (Fsp3) is 0.389. The summed E-state index contributed by atoms with van der Waals surface area (Å²) in [5, 5.41) is 13.0. The highest BCUT2D eigenvalue weighted by Gasteiger charge is 2.36. The Balaban J connectivity index is 1.66. The lowest BCUT2D eigenvalue weighted by atomic mass is 9.90. The van der Waals surface area contributed by atoms with Crippen LogP contribution in [0.5, 0.6) is 5.75 Å². The number of carbonyl (C=O) groups is 2. The van der Waals surface area contributed by atoms with Crippen molar-refractivity contribution in [1.82, 2.24) is 10.1 Å². The summed E-state index contributed by atoms with van der Waals surface area (Å²) in [7, 11) is 0. The molecule has 1 amide bonds. The lowest BCUT2D eigenvalue weighted by Crippen LogP contribution is -2.49. The Bertz CT molecular complexity index is 806. The molecule has 1 aromatic carbocycles. The van der Waals surface area contributed by atoms with Crippen LogP contribution in [0.4, 0.5) is 4.39 Å². The lowest BCUT2D eigenvalue weighted by molar-refractivity contribution is -0.144. The summed E-state index contributed by atoms with van der Waals surface area (Å²) in [5.74, 6) is -2.03. The largest absolute Gasteiger partial charge is 0.482 e. The van der Waals surface area contributed by atoms with Crippen molar-refractivity contribution in [2.24, 2.45) is 5.92 Å². The molecule has 138 valence electrons. The minimum atomic E-state index is -0.908. The Labute approximate surface area is 149 Å². The summed E-state index contributed by atoms with van der Waals surface area (Å²) >= 11 is 0. The average Bonchev–Trinajstić information content (AvgIpc) is 3.09. The number of benzene rings is 1. The van der Waals surface area contributed by atoms with E-state index in [-0.39, 0.29) is 29.7 Å². The molecule has 1 fully saturated rings. The van der Waals surface area contributed by atoms with E-state index >= 15 is 0 Å². The normalized spacial score (nSPS) is 20.0. The van der Waals surface area contributed by atoms with E-state index in [1.54, 1.807) is 19.1 Å². The summed E-state index contributed by atoms with van der Waals surface area (Å²) in [5.41, 5.74) is 0.0787. The topological polar surface area (TPSA) is 92.9 Å². The van der Waals surface area contributed by atoms with Gasteiger partial charge < -0.3 is 19.3 Å². The third-order valence-electron chi connectivity index (χ3n) is 4.55. The molecule has 1 saturated heterocycles. The Morgan fingerprint density at radius 2 is 2.19 bits per heavy atom. The minimum absolute atomic E-state index is 0.0747. The molecule has 7 nitrogen and oxygen atoms in total. The number of aliphatic carboxylic acids is 1. The number of aromatic nitrogens is 1. The van der Waals surface area contributed by atoms with Crippen molar-refractivity contribution in [1.29, 1.82) is 0 Å². The van der Waals surface area contributed by atoms with Crippen molar-refractivity contribution in [2.75, 3.05) is 6.54 Å². The van der Waals surface area contributed by atoms with E-state index in [0.29, 0.717) is 19.4 Å². The van der Waals surface area contributed by atoms with Gasteiger partial charge in [-0.05, 0) is 31.9 Å². The van der Waals surface area contributed by atoms with Gasteiger partial charge in [0.05, 0.1) is 5.92 Å². The van der Waals surface area contributed by atoms with Gasteiger partial charge in [-0.15, -0.1) is 0 Å². The summed E-state index contributed by atoms with van der Waals surface area (Å²) < 4.78 is 23.9. The molecule has 0 unspecified atom stereocenters. The number of ether oxygens (including phenoxy) is 1. The number of carboxylic acid groups (broad SMARTS) is 1. The summed E-state index contributed by atoms with van der Waals surface area (Å²) in [6, 6.07) is 6.96. The van der Waals surface area contributed by atoms with Gasteiger partial charge in [-0.1, -0.05) is 17.3 Å². The smallest absolute Gasteiger partial charge is 0.308 e. The van der Waals surface area contributed by atoms with E-state index < -0.39 is 23.7 Å². The van der Waals surface area contributed by atoms with Gasteiger partial charge in [-0.2, -0.15) is 0 Å². The second-order valence-corrected chi connectivity index (χ2v) is 6.22. The van der Waals surface area contributed by atoms with Crippen molar-refractivity contribution in [3.8, 4) is 5.75 Å².